The smallest absolute Gasteiger partial charge is 0.264 e. The van der Waals surface area contributed by atoms with E-state index in [4.69, 9.17) is 11.6 Å². The average molecular weight is 546 g/mol. The minimum absolute atomic E-state index is 0.0561. The molecule has 0 aromatic heterocycles. The lowest BCUT2D eigenvalue weighted by atomic mass is 10.1. The summed E-state index contributed by atoms with van der Waals surface area (Å²) in [5, 5.41) is 0.582. The molecule has 0 radical (unpaired) electrons. The molecule has 4 aromatic carbocycles. The molecule has 1 fully saturated rings. The van der Waals surface area contributed by atoms with Gasteiger partial charge in [-0.25, -0.2) is 8.42 Å². The molecule has 0 spiro atoms. The molecule has 194 valence electrons. The quantitative estimate of drug-likeness (QED) is 0.299. The molecule has 8 heteroatoms. The molecular weight excluding hydrogens is 518 g/mol. The molecule has 0 saturated carbocycles. The van der Waals surface area contributed by atoms with Crippen molar-refractivity contribution in [2.24, 2.45) is 0 Å². The van der Waals surface area contributed by atoms with Gasteiger partial charge in [-0.2, -0.15) is 0 Å². The molecule has 1 amide bonds. The molecular formula is C30H28ClN3O3S. The van der Waals surface area contributed by atoms with Crippen molar-refractivity contribution in [2.75, 3.05) is 35.4 Å². The van der Waals surface area contributed by atoms with Crippen molar-refractivity contribution in [2.45, 2.75) is 11.4 Å². The molecule has 0 atom stereocenters. The number of halogens is 1. The summed E-state index contributed by atoms with van der Waals surface area (Å²) >= 11 is 6.03. The Morgan fingerprint density at radius 2 is 1.32 bits per heavy atom. The van der Waals surface area contributed by atoms with Crippen LogP contribution in [0.15, 0.2) is 114 Å². The minimum atomic E-state index is -3.85. The van der Waals surface area contributed by atoms with E-state index in [1.54, 1.807) is 66.7 Å². The Morgan fingerprint density at radius 3 is 1.92 bits per heavy atom. The second-order valence-electron chi connectivity index (χ2n) is 9.11. The molecule has 6 nitrogen and oxygen atoms in total. The molecule has 4 aromatic rings. The van der Waals surface area contributed by atoms with E-state index in [0.29, 0.717) is 29.4 Å². The van der Waals surface area contributed by atoms with Crippen molar-refractivity contribution < 1.29 is 13.2 Å². The van der Waals surface area contributed by atoms with Crippen LogP contribution < -0.4 is 9.21 Å². The molecule has 1 aliphatic rings. The number of para-hydroxylation sites is 1. The highest BCUT2D eigenvalue weighted by Gasteiger charge is 2.26. The van der Waals surface area contributed by atoms with Gasteiger partial charge in [-0.1, -0.05) is 60.1 Å². The molecule has 5 rings (SSSR count). The van der Waals surface area contributed by atoms with Crippen molar-refractivity contribution in [3.8, 4) is 0 Å². The van der Waals surface area contributed by atoms with Crippen LogP contribution in [-0.2, 0) is 16.6 Å². The number of amides is 1. The summed E-state index contributed by atoms with van der Waals surface area (Å²) in [4.78, 5) is 17.5. The first kappa shape index (κ1) is 25.8. The number of hydrogen-bond acceptors (Lipinski definition) is 4. The fourth-order valence-corrected chi connectivity index (χ4v) is 6.15. The Bertz CT molecular complexity index is 1470. The highest BCUT2D eigenvalue weighted by Crippen LogP contribution is 2.27. The summed E-state index contributed by atoms with van der Waals surface area (Å²) in [5.41, 5.74) is 2.97. The number of rotatable bonds is 7. The first-order chi connectivity index (χ1) is 18.4. The van der Waals surface area contributed by atoms with E-state index >= 15 is 0 Å². The van der Waals surface area contributed by atoms with Crippen LogP contribution in [0.2, 0.25) is 5.02 Å². The van der Waals surface area contributed by atoms with Crippen molar-refractivity contribution >= 4 is 38.9 Å². The molecule has 38 heavy (non-hydrogen) atoms. The monoisotopic (exact) mass is 545 g/mol. The Labute approximate surface area is 228 Å². The zero-order valence-electron chi connectivity index (χ0n) is 20.8. The third-order valence-corrected chi connectivity index (χ3v) is 8.70. The van der Waals surface area contributed by atoms with Crippen molar-refractivity contribution in [3.05, 3.63) is 125 Å². The third-order valence-electron chi connectivity index (χ3n) is 6.66. The van der Waals surface area contributed by atoms with Gasteiger partial charge in [0, 0.05) is 42.5 Å². The predicted octanol–water partition coefficient (Wildman–Crippen LogP) is 5.70. The van der Waals surface area contributed by atoms with Gasteiger partial charge in [0.1, 0.15) is 0 Å². The van der Waals surface area contributed by atoms with Crippen molar-refractivity contribution in [1.82, 2.24) is 4.90 Å². The molecule has 0 unspecified atom stereocenters. The lowest BCUT2D eigenvalue weighted by Gasteiger charge is -2.36. The fourth-order valence-electron chi connectivity index (χ4n) is 4.55. The highest BCUT2D eigenvalue weighted by atomic mass is 35.5. The van der Waals surface area contributed by atoms with E-state index in [2.05, 4.69) is 17.0 Å². The normalized spacial score (nSPS) is 13.8. The van der Waals surface area contributed by atoms with Gasteiger partial charge < -0.3 is 9.80 Å². The van der Waals surface area contributed by atoms with Gasteiger partial charge in [-0.15, -0.1) is 0 Å². The number of piperazine rings is 1. The van der Waals surface area contributed by atoms with Crippen molar-refractivity contribution in [1.29, 1.82) is 0 Å². The first-order valence-electron chi connectivity index (χ1n) is 12.4. The molecule has 0 bridgehead atoms. The predicted molar refractivity (Wildman–Crippen MR) is 152 cm³/mol. The van der Waals surface area contributed by atoms with Crippen LogP contribution >= 0.6 is 11.6 Å². The van der Waals surface area contributed by atoms with E-state index in [1.165, 1.54) is 4.31 Å². The maximum absolute atomic E-state index is 13.6. The Kier molecular flexibility index (Phi) is 7.67. The molecule has 1 saturated heterocycles. The number of anilines is 2. The third kappa shape index (κ3) is 5.69. The fraction of sp³-hybridized carbons (Fsp3) is 0.167. The first-order valence-corrected chi connectivity index (χ1v) is 14.3. The summed E-state index contributed by atoms with van der Waals surface area (Å²) in [5.74, 6) is -0.0561. The topological polar surface area (TPSA) is 60.9 Å². The second kappa shape index (κ2) is 11.3. The summed E-state index contributed by atoms with van der Waals surface area (Å²) in [6.45, 7) is 2.90. The number of carbonyl (C=O) groups excluding carboxylic acids is 1. The number of hydrogen-bond donors (Lipinski definition) is 0. The van der Waals surface area contributed by atoms with Crippen LogP contribution in [0.1, 0.15) is 15.9 Å². The maximum Gasteiger partial charge on any atom is 0.264 e. The van der Waals surface area contributed by atoms with Crippen molar-refractivity contribution in [3.63, 3.8) is 0 Å². The summed E-state index contributed by atoms with van der Waals surface area (Å²) in [7, 11) is -3.85. The summed E-state index contributed by atoms with van der Waals surface area (Å²) in [6, 6.07) is 32.4. The van der Waals surface area contributed by atoms with E-state index < -0.39 is 10.0 Å². The SMILES string of the molecule is O=C(c1ccc(N(Cc2ccc(Cl)cc2)S(=O)(=O)c2ccccc2)cc1)N1CCN(c2ccccc2)CC1. The molecule has 0 N–H and O–H groups in total. The number of benzene rings is 4. The van der Waals surface area contributed by atoms with E-state index in [0.717, 1.165) is 24.3 Å². The number of sulfonamides is 1. The Hall–Kier alpha value is -3.81. The van der Waals surface area contributed by atoms with E-state index in [-0.39, 0.29) is 17.3 Å². The summed E-state index contributed by atoms with van der Waals surface area (Å²) in [6.07, 6.45) is 0. The zero-order chi connectivity index (χ0) is 26.5. The zero-order valence-corrected chi connectivity index (χ0v) is 22.4. The van der Waals surface area contributed by atoms with Crippen LogP contribution in [0.25, 0.3) is 0 Å². The van der Waals surface area contributed by atoms with Crippen LogP contribution in [0.4, 0.5) is 11.4 Å². The van der Waals surface area contributed by atoms with Crippen LogP contribution in [0.3, 0.4) is 0 Å². The summed E-state index contributed by atoms with van der Waals surface area (Å²) < 4.78 is 28.6. The van der Waals surface area contributed by atoms with Gasteiger partial charge in [0.15, 0.2) is 0 Å². The van der Waals surface area contributed by atoms with Gasteiger partial charge in [-0.05, 0) is 66.2 Å². The van der Waals surface area contributed by atoms with E-state index in [1.807, 2.05) is 35.2 Å². The second-order valence-corrected chi connectivity index (χ2v) is 11.4. The molecule has 1 heterocycles. The lowest BCUT2D eigenvalue weighted by Crippen LogP contribution is -2.48. The van der Waals surface area contributed by atoms with Crippen LogP contribution in [0.5, 0.6) is 0 Å². The van der Waals surface area contributed by atoms with Crippen LogP contribution in [-0.4, -0.2) is 45.4 Å². The minimum Gasteiger partial charge on any atom is -0.368 e. The molecule has 1 aliphatic heterocycles. The highest BCUT2D eigenvalue weighted by molar-refractivity contribution is 7.92. The number of nitrogens with zero attached hydrogens (tertiary/aromatic N) is 3. The largest absolute Gasteiger partial charge is 0.368 e. The van der Waals surface area contributed by atoms with Gasteiger partial charge in [0.2, 0.25) is 0 Å². The maximum atomic E-state index is 13.6. The van der Waals surface area contributed by atoms with Gasteiger partial charge in [0.05, 0.1) is 17.1 Å². The van der Waals surface area contributed by atoms with Gasteiger partial charge in [0.25, 0.3) is 15.9 Å². The Balaban J connectivity index is 1.35. The average Bonchev–Trinajstić information content (AvgIpc) is 2.97. The lowest BCUT2D eigenvalue weighted by molar-refractivity contribution is 0.0747. The van der Waals surface area contributed by atoms with Gasteiger partial charge >= 0.3 is 0 Å². The Morgan fingerprint density at radius 1 is 0.737 bits per heavy atom. The standard InChI is InChI=1S/C30H28ClN3O3S/c31-26-15-11-24(12-16-26)23-34(38(36,37)29-9-5-2-6-10-29)28-17-13-25(14-18-28)30(35)33-21-19-32(20-22-33)27-7-3-1-4-8-27/h1-18H,19-23H2. The number of carbonyl (C=O) groups is 1. The van der Waals surface area contributed by atoms with Gasteiger partial charge in [-0.3, -0.25) is 9.10 Å². The van der Waals surface area contributed by atoms with E-state index in [9.17, 15) is 13.2 Å². The molecule has 0 aliphatic carbocycles. The van der Waals surface area contributed by atoms with Crippen LogP contribution in [0, 0.1) is 0 Å².